The first-order chi connectivity index (χ1) is 10.6. The third-order valence-electron chi connectivity index (χ3n) is 3.90. The zero-order valence-corrected chi connectivity index (χ0v) is 12.0. The number of benzene rings is 1. The van der Waals surface area contributed by atoms with Gasteiger partial charge in [0.15, 0.2) is 0 Å². The van der Waals surface area contributed by atoms with Crippen LogP contribution in [0.25, 0.3) is 0 Å². The fourth-order valence-corrected chi connectivity index (χ4v) is 2.79. The van der Waals surface area contributed by atoms with E-state index in [0.29, 0.717) is 19.0 Å². The first-order valence-electron chi connectivity index (χ1n) is 7.19. The van der Waals surface area contributed by atoms with Gasteiger partial charge in [-0.2, -0.15) is 0 Å². The van der Waals surface area contributed by atoms with Crippen molar-refractivity contribution in [2.75, 3.05) is 13.1 Å². The lowest BCUT2D eigenvalue weighted by Crippen LogP contribution is -2.29. The number of aromatic hydroxyl groups is 2. The number of rotatable bonds is 3. The molecule has 2 aromatic rings. The maximum Gasteiger partial charge on any atom is 0.257 e. The predicted octanol–water partition coefficient (Wildman–Crippen LogP) is 1.59. The Morgan fingerprint density at radius 2 is 2.18 bits per heavy atom. The number of aromatic nitrogens is 2. The van der Waals surface area contributed by atoms with Gasteiger partial charge in [0.05, 0.1) is 11.3 Å². The van der Waals surface area contributed by atoms with Crippen molar-refractivity contribution in [3.8, 4) is 11.5 Å². The number of phenols is 2. The van der Waals surface area contributed by atoms with Gasteiger partial charge in [0.1, 0.15) is 11.5 Å². The molecule has 0 bridgehead atoms. The number of nitrogens with zero attached hydrogens (tertiary/aromatic N) is 3. The highest BCUT2D eigenvalue weighted by atomic mass is 16.3. The quantitative estimate of drug-likeness (QED) is 0.899. The summed E-state index contributed by atoms with van der Waals surface area (Å²) < 4.78 is 0. The molecule has 0 radical (unpaired) electrons. The van der Waals surface area contributed by atoms with Crippen LogP contribution in [-0.2, 0) is 6.42 Å². The van der Waals surface area contributed by atoms with Crippen LogP contribution in [0.5, 0.6) is 11.5 Å². The highest BCUT2D eigenvalue weighted by Crippen LogP contribution is 2.27. The van der Waals surface area contributed by atoms with E-state index in [1.165, 1.54) is 18.2 Å². The summed E-state index contributed by atoms with van der Waals surface area (Å²) in [5.74, 6) is -0.113. The summed E-state index contributed by atoms with van der Waals surface area (Å²) in [6.07, 6.45) is 6.75. The van der Waals surface area contributed by atoms with E-state index >= 15 is 0 Å². The average molecular weight is 299 g/mol. The van der Waals surface area contributed by atoms with Crippen molar-refractivity contribution in [1.82, 2.24) is 14.9 Å². The molecule has 0 aliphatic carbocycles. The fraction of sp³-hybridized carbons (Fsp3) is 0.312. The SMILES string of the molecule is O=C(c1ccc(O)cc1O)N1CCC(Cc2cnccn2)C1. The Hall–Kier alpha value is -2.63. The summed E-state index contributed by atoms with van der Waals surface area (Å²) >= 11 is 0. The first-order valence-corrected chi connectivity index (χ1v) is 7.19. The largest absolute Gasteiger partial charge is 0.508 e. The molecule has 1 saturated heterocycles. The molecule has 2 N–H and O–H groups in total. The second-order valence-electron chi connectivity index (χ2n) is 5.51. The fourth-order valence-electron chi connectivity index (χ4n) is 2.79. The Balaban J connectivity index is 1.66. The summed E-state index contributed by atoms with van der Waals surface area (Å²) in [5.41, 5.74) is 1.15. The van der Waals surface area contributed by atoms with Crippen molar-refractivity contribution in [3.05, 3.63) is 48.0 Å². The van der Waals surface area contributed by atoms with Crippen molar-refractivity contribution in [3.63, 3.8) is 0 Å². The maximum atomic E-state index is 12.4. The minimum absolute atomic E-state index is 0.0593. The van der Waals surface area contributed by atoms with E-state index in [1.54, 1.807) is 23.5 Å². The molecule has 1 aromatic heterocycles. The molecule has 1 amide bonds. The molecule has 6 nitrogen and oxygen atoms in total. The second kappa shape index (κ2) is 6.01. The molecule has 22 heavy (non-hydrogen) atoms. The number of carbonyl (C=O) groups is 1. The molecule has 1 unspecified atom stereocenters. The lowest BCUT2D eigenvalue weighted by Gasteiger charge is -2.17. The Morgan fingerprint density at radius 1 is 1.32 bits per heavy atom. The van der Waals surface area contributed by atoms with Crippen LogP contribution in [0.15, 0.2) is 36.8 Å². The summed E-state index contributed by atoms with van der Waals surface area (Å²) in [7, 11) is 0. The van der Waals surface area contributed by atoms with E-state index in [0.717, 1.165) is 18.5 Å². The van der Waals surface area contributed by atoms with Gasteiger partial charge < -0.3 is 15.1 Å². The third kappa shape index (κ3) is 3.00. The van der Waals surface area contributed by atoms with Crippen LogP contribution >= 0.6 is 0 Å². The van der Waals surface area contributed by atoms with E-state index in [-0.39, 0.29) is 23.0 Å². The molecule has 0 spiro atoms. The average Bonchev–Trinajstić information content (AvgIpc) is 2.96. The van der Waals surface area contributed by atoms with Crippen LogP contribution < -0.4 is 0 Å². The van der Waals surface area contributed by atoms with Crippen LogP contribution in [0.3, 0.4) is 0 Å². The van der Waals surface area contributed by atoms with E-state index in [9.17, 15) is 15.0 Å². The maximum absolute atomic E-state index is 12.4. The van der Waals surface area contributed by atoms with Crippen LogP contribution in [-0.4, -0.2) is 44.1 Å². The van der Waals surface area contributed by atoms with Gasteiger partial charge in [-0.25, -0.2) is 0 Å². The normalized spacial score (nSPS) is 17.6. The van der Waals surface area contributed by atoms with Crippen LogP contribution in [0.4, 0.5) is 0 Å². The standard InChI is InChI=1S/C16H17N3O3/c20-13-1-2-14(15(21)8-13)16(22)19-6-3-11(10-19)7-12-9-17-4-5-18-12/h1-2,4-5,8-9,11,20-21H,3,6-7,10H2. The predicted molar refractivity (Wildman–Crippen MR) is 79.5 cm³/mol. The molecule has 114 valence electrons. The van der Waals surface area contributed by atoms with Gasteiger partial charge >= 0.3 is 0 Å². The zero-order chi connectivity index (χ0) is 15.5. The van der Waals surface area contributed by atoms with Gasteiger partial charge in [0.25, 0.3) is 5.91 Å². The molecule has 1 fully saturated rings. The van der Waals surface area contributed by atoms with Gasteiger partial charge in [0, 0.05) is 37.7 Å². The van der Waals surface area contributed by atoms with Gasteiger partial charge in [-0.15, -0.1) is 0 Å². The number of phenolic OH excluding ortho intramolecular Hbond substituents is 2. The van der Waals surface area contributed by atoms with Gasteiger partial charge in [-0.3, -0.25) is 14.8 Å². The summed E-state index contributed by atoms with van der Waals surface area (Å²) in [6, 6.07) is 4.03. The van der Waals surface area contributed by atoms with Crippen molar-refractivity contribution in [2.45, 2.75) is 12.8 Å². The molecule has 1 aliphatic rings. The summed E-state index contributed by atoms with van der Waals surface area (Å²) in [4.78, 5) is 22.5. The van der Waals surface area contributed by atoms with Crippen LogP contribution in [0.1, 0.15) is 22.5 Å². The molecule has 1 aliphatic heterocycles. The van der Waals surface area contributed by atoms with Crippen LogP contribution in [0, 0.1) is 5.92 Å². The van der Waals surface area contributed by atoms with Gasteiger partial charge in [-0.05, 0) is 30.9 Å². The number of amides is 1. The Kier molecular flexibility index (Phi) is 3.91. The minimum Gasteiger partial charge on any atom is -0.508 e. The molecule has 3 rings (SSSR count). The lowest BCUT2D eigenvalue weighted by molar-refractivity contribution is 0.0784. The van der Waals surface area contributed by atoms with E-state index in [2.05, 4.69) is 9.97 Å². The highest BCUT2D eigenvalue weighted by Gasteiger charge is 2.28. The Morgan fingerprint density at radius 3 is 2.91 bits per heavy atom. The van der Waals surface area contributed by atoms with Crippen LogP contribution in [0.2, 0.25) is 0 Å². The molecule has 2 heterocycles. The van der Waals surface area contributed by atoms with Gasteiger partial charge in [-0.1, -0.05) is 0 Å². The van der Waals surface area contributed by atoms with Crippen molar-refractivity contribution >= 4 is 5.91 Å². The third-order valence-corrected chi connectivity index (χ3v) is 3.90. The topological polar surface area (TPSA) is 86.5 Å². The number of hydrogen-bond acceptors (Lipinski definition) is 5. The highest BCUT2D eigenvalue weighted by molar-refractivity contribution is 5.97. The molecular formula is C16H17N3O3. The number of likely N-dealkylation sites (tertiary alicyclic amines) is 1. The molecule has 6 heteroatoms. The monoisotopic (exact) mass is 299 g/mol. The Bertz CT molecular complexity index is 676. The first kappa shape index (κ1) is 14.3. The van der Waals surface area contributed by atoms with E-state index in [4.69, 9.17) is 0 Å². The van der Waals surface area contributed by atoms with Crippen molar-refractivity contribution in [1.29, 1.82) is 0 Å². The second-order valence-corrected chi connectivity index (χ2v) is 5.51. The molecule has 1 atom stereocenters. The van der Waals surface area contributed by atoms with E-state index < -0.39 is 0 Å². The molecule has 1 aromatic carbocycles. The van der Waals surface area contributed by atoms with Gasteiger partial charge in [0.2, 0.25) is 0 Å². The van der Waals surface area contributed by atoms with E-state index in [1.807, 2.05) is 0 Å². The minimum atomic E-state index is -0.209. The lowest BCUT2D eigenvalue weighted by atomic mass is 10.0. The zero-order valence-electron chi connectivity index (χ0n) is 12.0. The number of carbonyl (C=O) groups excluding carboxylic acids is 1. The summed E-state index contributed by atoms with van der Waals surface area (Å²) in [5, 5.41) is 19.1. The Labute approximate surface area is 128 Å². The smallest absolute Gasteiger partial charge is 0.257 e. The molecular weight excluding hydrogens is 282 g/mol. The number of hydrogen-bond donors (Lipinski definition) is 2. The van der Waals surface area contributed by atoms with Crippen molar-refractivity contribution < 1.29 is 15.0 Å². The summed E-state index contributed by atoms with van der Waals surface area (Å²) in [6.45, 7) is 1.29. The van der Waals surface area contributed by atoms with Crippen molar-refractivity contribution in [2.24, 2.45) is 5.92 Å². The molecule has 0 saturated carbocycles.